The third-order valence-electron chi connectivity index (χ3n) is 2.93. The van der Waals surface area contributed by atoms with Gasteiger partial charge in [-0.25, -0.2) is 9.97 Å². The van der Waals surface area contributed by atoms with Crippen LogP contribution in [0.4, 0.5) is 23.0 Å². The van der Waals surface area contributed by atoms with Gasteiger partial charge in [-0.15, -0.1) is 0 Å². The summed E-state index contributed by atoms with van der Waals surface area (Å²) in [6, 6.07) is 10.4. The molecule has 0 aliphatic carbocycles. The largest absolute Gasteiger partial charge is 0.393 e. The van der Waals surface area contributed by atoms with Gasteiger partial charge in [0.1, 0.15) is 12.0 Å². The van der Waals surface area contributed by atoms with Crippen LogP contribution in [0.25, 0.3) is 0 Å². The van der Waals surface area contributed by atoms with Gasteiger partial charge in [0, 0.05) is 18.3 Å². The summed E-state index contributed by atoms with van der Waals surface area (Å²) in [4.78, 5) is 10.6. The van der Waals surface area contributed by atoms with Crippen molar-refractivity contribution in [1.82, 2.24) is 9.97 Å². The lowest BCUT2D eigenvalue weighted by Gasteiger charge is -2.24. The predicted molar refractivity (Wildman–Crippen MR) is 84.3 cm³/mol. The van der Waals surface area contributed by atoms with E-state index in [4.69, 9.17) is 5.73 Å². The Kier molecular flexibility index (Phi) is 4.40. The minimum atomic E-state index is 0.270. The monoisotopic (exact) mass is 271 g/mol. The molecule has 0 bridgehead atoms. The predicted octanol–water partition coefficient (Wildman–Crippen LogP) is 3.04. The number of nitrogens with two attached hydrogens (primary N) is 1. The summed E-state index contributed by atoms with van der Waals surface area (Å²) in [6.45, 7) is 6.96. The summed E-state index contributed by atoms with van der Waals surface area (Å²) in [7, 11) is 0. The highest BCUT2D eigenvalue weighted by molar-refractivity contribution is 5.79. The van der Waals surface area contributed by atoms with Gasteiger partial charge in [0.05, 0.1) is 0 Å². The lowest BCUT2D eigenvalue weighted by atomic mass is 10.2. The number of anilines is 4. The molecule has 1 aromatic carbocycles. The molecule has 0 fully saturated rings. The number of nitrogen functional groups attached to an aromatic ring is 1. The zero-order valence-corrected chi connectivity index (χ0v) is 12.2. The van der Waals surface area contributed by atoms with Crippen LogP contribution < -0.4 is 16.0 Å². The molecule has 0 unspecified atom stereocenters. The van der Waals surface area contributed by atoms with Crippen LogP contribution >= 0.6 is 0 Å². The maximum Gasteiger partial charge on any atom is 0.161 e. The third kappa shape index (κ3) is 2.99. The standard InChI is InChI=1S/C15H21N5/c1-4-20(12-8-6-5-7-9-12)15-13(16)14(17-10-18-15)19-11(2)3/h5-11H,4,16H2,1-3H3,(H,17,18,19). The van der Waals surface area contributed by atoms with Crippen LogP contribution in [0.2, 0.25) is 0 Å². The number of hydrogen-bond acceptors (Lipinski definition) is 5. The number of nitrogens with zero attached hydrogens (tertiary/aromatic N) is 3. The smallest absolute Gasteiger partial charge is 0.161 e. The van der Waals surface area contributed by atoms with E-state index in [1.54, 1.807) is 6.33 Å². The van der Waals surface area contributed by atoms with Gasteiger partial charge in [-0.3, -0.25) is 0 Å². The molecule has 0 saturated heterocycles. The van der Waals surface area contributed by atoms with Crippen LogP contribution in [0.15, 0.2) is 36.7 Å². The molecule has 1 heterocycles. The fourth-order valence-electron chi connectivity index (χ4n) is 2.05. The lowest BCUT2D eigenvalue weighted by molar-refractivity contribution is 0.884. The molecule has 2 rings (SSSR count). The number of nitrogens with one attached hydrogen (secondary N) is 1. The fraction of sp³-hybridized carbons (Fsp3) is 0.333. The molecule has 3 N–H and O–H groups in total. The van der Waals surface area contributed by atoms with Crippen molar-refractivity contribution in [2.45, 2.75) is 26.8 Å². The molecule has 0 saturated carbocycles. The normalized spacial score (nSPS) is 10.6. The second-order valence-corrected chi connectivity index (χ2v) is 4.84. The molecular weight excluding hydrogens is 250 g/mol. The third-order valence-corrected chi connectivity index (χ3v) is 2.93. The van der Waals surface area contributed by atoms with Crippen molar-refractivity contribution in [3.63, 3.8) is 0 Å². The highest BCUT2D eigenvalue weighted by Crippen LogP contribution is 2.31. The van der Waals surface area contributed by atoms with Crippen molar-refractivity contribution in [1.29, 1.82) is 0 Å². The molecule has 0 spiro atoms. The first-order chi connectivity index (χ1) is 9.63. The summed E-state index contributed by atoms with van der Waals surface area (Å²) >= 11 is 0. The minimum Gasteiger partial charge on any atom is -0.393 e. The van der Waals surface area contributed by atoms with Gasteiger partial charge in [0.15, 0.2) is 11.6 Å². The second-order valence-electron chi connectivity index (χ2n) is 4.84. The van der Waals surface area contributed by atoms with Crippen molar-refractivity contribution in [2.75, 3.05) is 22.5 Å². The SMILES string of the molecule is CCN(c1ccccc1)c1ncnc(NC(C)C)c1N. The topological polar surface area (TPSA) is 67.1 Å². The summed E-state index contributed by atoms with van der Waals surface area (Å²) in [5.74, 6) is 1.41. The molecule has 0 aliphatic rings. The van der Waals surface area contributed by atoms with Crippen molar-refractivity contribution in [2.24, 2.45) is 0 Å². The van der Waals surface area contributed by atoms with Crippen LogP contribution in [-0.2, 0) is 0 Å². The van der Waals surface area contributed by atoms with E-state index in [0.29, 0.717) is 11.5 Å². The second kappa shape index (κ2) is 6.23. The number of rotatable bonds is 5. The van der Waals surface area contributed by atoms with Crippen LogP contribution in [0.3, 0.4) is 0 Å². The van der Waals surface area contributed by atoms with E-state index in [1.165, 1.54) is 0 Å². The van der Waals surface area contributed by atoms with Crippen LogP contribution in [0.1, 0.15) is 20.8 Å². The van der Waals surface area contributed by atoms with Gasteiger partial charge in [-0.05, 0) is 32.9 Å². The number of benzene rings is 1. The maximum atomic E-state index is 6.22. The highest BCUT2D eigenvalue weighted by Gasteiger charge is 2.15. The zero-order valence-electron chi connectivity index (χ0n) is 12.2. The van der Waals surface area contributed by atoms with E-state index in [2.05, 4.69) is 41.0 Å². The van der Waals surface area contributed by atoms with Gasteiger partial charge in [0.2, 0.25) is 0 Å². The van der Waals surface area contributed by atoms with E-state index in [1.807, 2.05) is 30.3 Å². The van der Waals surface area contributed by atoms with Crippen LogP contribution in [0.5, 0.6) is 0 Å². The van der Waals surface area contributed by atoms with Crippen molar-refractivity contribution < 1.29 is 0 Å². The Morgan fingerprint density at radius 1 is 1.20 bits per heavy atom. The molecular formula is C15H21N5. The molecule has 1 aromatic heterocycles. The lowest BCUT2D eigenvalue weighted by Crippen LogP contribution is -2.21. The van der Waals surface area contributed by atoms with Gasteiger partial charge in [-0.1, -0.05) is 18.2 Å². The fourth-order valence-corrected chi connectivity index (χ4v) is 2.05. The summed E-state index contributed by atoms with van der Waals surface area (Å²) in [5.41, 5.74) is 7.86. The number of aromatic nitrogens is 2. The van der Waals surface area contributed by atoms with Gasteiger partial charge in [-0.2, -0.15) is 0 Å². The average Bonchev–Trinajstić information content (AvgIpc) is 2.44. The first-order valence-electron chi connectivity index (χ1n) is 6.83. The highest BCUT2D eigenvalue weighted by atomic mass is 15.2. The van der Waals surface area contributed by atoms with E-state index < -0.39 is 0 Å². The Hall–Kier alpha value is -2.30. The summed E-state index contributed by atoms with van der Waals surface area (Å²) in [5, 5.41) is 3.24. The Labute approximate surface area is 119 Å². The Balaban J connectivity index is 2.40. The maximum absolute atomic E-state index is 6.22. The molecule has 0 radical (unpaired) electrons. The molecule has 106 valence electrons. The zero-order chi connectivity index (χ0) is 14.5. The molecule has 0 aliphatic heterocycles. The Morgan fingerprint density at radius 2 is 1.90 bits per heavy atom. The summed E-state index contributed by atoms with van der Waals surface area (Å²) in [6.07, 6.45) is 1.54. The summed E-state index contributed by atoms with van der Waals surface area (Å²) < 4.78 is 0. The number of para-hydroxylation sites is 1. The molecule has 2 aromatic rings. The van der Waals surface area contributed by atoms with Gasteiger partial charge < -0.3 is 16.0 Å². The van der Waals surface area contributed by atoms with Crippen molar-refractivity contribution >= 4 is 23.0 Å². The molecule has 5 heteroatoms. The van der Waals surface area contributed by atoms with Crippen molar-refractivity contribution in [3.05, 3.63) is 36.7 Å². The van der Waals surface area contributed by atoms with E-state index in [0.717, 1.165) is 18.1 Å². The minimum absolute atomic E-state index is 0.270. The van der Waals surface area contributed by atoms with Crippen LogP contribution in [-0.4, -0.2) is 22.6 Å². The van der Waals surface area contributed by atoms with E-state index >= 15 is 0 Å². The first kappa shape index (κ1) is 14.1. The molecule has 0 atom stereocenters. The molecule has 0 amide bonds. The average molecular weight is 271 g/mol. The Bertz CT molecular complexity index is 553. The van der Waals surface area contributed by atoms with Gasteiger partial charge in [0.25, 0.3) is 0 Å². The van der Waals surface area contributed by atoms with Crippen LogP contribution in [0, 0.1) is 0 Å². The molecule has 5 nitrogen and oxygen atoms in total. The number of hydrogen-bond donors (Lipinski definition) is 2. The van der Waals surface area contributed by atoms with Crippen molar-refractivity contribution in [3.8, 4) is 0 Å². The van der Waals surface area contributed by atoms with E-state index in [9.17, 15) is 0 Å². The quantitative estimate of drug-likeness (QED) is 0.875. The Morgan fingerprint density at radius 3 is 2.50 bits per heavy atom. The first-order valence-corrected chi connectivity index (χ1v) is 6.83. The van der Waals surface area contributed by atoms with Gasteiger partial charge >= 0.3 is 0 Å². The molecule has 20 heavy (non-hydrogen) atoms. The van der Waals surface area contributed by atoms with E-state index in [-0.39, 0.29) is 6.04 Å².